The lowest BCUT2D eigenvalue weighted by Gasteiger charge is -2.33. The summed E-state index contributed by atoms with van der Waals surface area (Å²) in [6.07, 6.45) is 5.84. The Bertz CT molecular complexity index is 1080. The number of carbonyl (C=O) groups excluding carboxylic acids is 1. The Morgan fingerprint density at radius 2 is 1.89 bits per heavy atom. The van der Waals surface area contributed by atoms with Crippen molar-refractivity contribution in [1.29, 1.82) is 0 Å². The predicted octanol–water partition coefficient (Wildman–Crippen LogP) is 3.74. The van der Waals surface area contributed by atoms with Gasteiger partial charge in [0.15, 0.2) is 0 Å². The first-order valence-corrected chi connectivity index (χ1v) is 12.1. The molecule has 1 fully saturated rings. The molecule has 35 heavy (non-hydrogen) atoms. The Kier molecular flexibility index (Phi) is 8.26. The number of carbonyl (C=O) groups is 1. The van der Waals surface area contributed by atoms with Crippen LogP contribution in [0.1, 0.15) is 35.8 Å². The van der Waals surface area contributed by atoms with E-state index in [9.17, 15) is 4.79 Å². The molecular weight excluding hydrogens is 442 g/mol. The summed E-state index contributed by atoms with van der Waals surface area (Å²) in [6.45, 7) is 3.65. The molecule has 0 spiro atoms. The van der Waals surface area contributed by atoms with E-state index in [0.717, 1.165) is 43.9 Å². The van der Waals surface area contributed by atoms with Gasteiger partial charge in [0.05, 0.1) is 14.2 Å². The molecule has 186 valence electrons. The van der Waals surface area contributed by atoms with E-state index in [2.05, 4.69) is 44.8 Å². The fourth-order valence-corrected chi connectivity index (χ4v) is 4.67. The van der Waals surface area contributed by atoms with Crippen LogP contribution in [-0.4, -0.2) is 54.3 Å². The van der Waals surface area contributed by atoms with Crippen molar-refractivity contribution in [3.63, 3.8) is 0 Å². The van der Waals surface area contributed by atoms with Crippen LogP contribution >= 0.6 is 0 Å². The number of urea groups is 1. The van der Waals surface area contributed by atoms with E-state index < -0.39 is 6.04 Å². The van der Waals surface area contributed by atoms with Crippen LogP contribution in [0.3, 0.4) is 0 Å². The highest BCUT2D eigenvalue weighted by atomic mass is 16.5. The maximum Gasteiger partial charge on any atom is 0.315 e. The number of imidazole rings is 1. The Morgan fingerprint density at radius 3 is 2.54 bits per heavy atom. The van der Waals surface area contributed by atoms with Crippen LogP contribution in [0.4, 0.5) is 4.79 Å². The minimum atomic E-state index is -0.458. The summed E-state index contributed by atoms with van der Waals surface area (Å²) in [6, 6.07) is 15.5. The van der Waals surface area contributed by atoms with Gasteiger partial charge in [-0.15, -0.1) is 0 Å². The number of likely N-dealkylation sites (tertiary alicyclic amines) is 1. The van der Waals surface area contributed by atoms with Gasteiger partial charge in [0.2, 0.25) is 0 Å². The number of hydrogen-bond donors (Lipinski definition) is 2. The minimum absolute atomic E-state index is 0.222. The lowest BCUT2D eigenvalue weighted by Crippen LogP contribution is -2.44. The lowest BCUT2D eigenvalue weighted by atomic mass is 9.97. The van der Waals surface area contributed by atoms with Crippen molar-refractivity contribution in [3.05, 3.63) is 77.9 Å². The van der Waals surface area contributed by atoms with Crippen molar-refractivity contribution < 1.29 is 14.3 Å². The van der Waals surface area contributed by atoms with E-state index in [4.69, 9.17) is 9.47 Å². The Balaban J connectivity index is 1.40. The zero-order chi connectivity index (χ0) is 24.6. The molecule has 1 saturated heterocycles. The second-order valence-electron chi connectivity index (χ2n) is 9.06. The van der Waals surface area contributed by atoms with Crippen molar-refractivity contribution >= 4 is 6.03 Å². The molecule has 2 heterocycles. The standard InChI is InChI=1S/C27H35N5O3/c1-31-13-11-28-26(31)25(22-14-23(34-2)16-24(15-22)35-3)30-27(33)29-17-21-10-7-12-32(19-21)18-20-8-5-4-6-9-20/h4-6,8-9,11,13-16,21,25H,7,10,12,17-19H2,1-3H3,(H2,29,30,33). The number of piperidine rings is 1. The molecule has 1 aromatic heterocycles. The van der Waals surface area contributed by atoms with Crippen LogP contribution in [0.2, 0.25) is 0 Å². The van der Waals surface area contributed by atoms with Gasteiger partial charge >= 0.3 is 6.03 Å². The van der Waals surface area contributed by atoms with Crippen molar-refractivity contribution in [1.82, 2.24) is 25.1 Å². The highest BCUT2D eigenvalue weighted by Crippen LogP contribution is 2.29. The van der Waals surface area contributed by atoms with Gasteiger partial charge in [0.25, 0.3) is 0 Å². The van der Waals surface area contributed by atoms with E-state index in [0.29, 0.717) is 24.0 Å². The van der Waals surface area contributed by atoms with Crippen LogP contribution in [0.15, 0.2) is 60.9 Å². The third-order valence-electron chi connectivity index (χ3n) is 6.50. The zero-order valence-corrected chi connectivity index (χ0v) is 20.7. The summed E-state index contributed by atoms with van der Waals surface area (Å²) in [7, 11) is 5.13. The molecule has 0 saturated carbocycles. The van der Waals surface area contributed by atoms with Gasteiger partial charge in [-0.25, -0.2) is 9.78 Å². The number of methoxy groups -OCH3 is 2. The zero-order valence-electron chi connectivity index (χ0n) is 20.7. The largest absolute Gasteiger partial charge is 0.497 e. The van der Waals surface area contributed by atoms with Crippen molar-refractivity contribution in [2.24, 2.45) is 13.0 Å². The van der Waals surface area contributed by atoms with Gasteiger partial charge in [-0.2, -0.15) is 0 Å². The Hall–Kier alpha value is -3.52. The predicted molar refractivity (Wildman–Crippen MR) is 136 cm³/mol. The summed E-state index contributed by atoms with van der Waals surface area (Å²) in [5.74, 6) is 2.45. The molecule has 4 rings (SSSR count). The molecule has 0 bridgehead atoms. The molecule has 2 aromatic carbocycles. The number of ether oxygens (including phenoxy) is 2. The highest BCUT2D eigenvalue weighted by molar-refractivity contribution is 5.75. The summed E-state index contributed by atoms with van der Waals surface area (Å²) >= 11 is 0. The third kappa shape index (κ3) is 6.54. The van der Waals surface area contributed by atoms with Crippen molar-refractivity contribution in [2.45, 2.75) is 25.4 Å². The van der Waals surface area contributed by atoms with Crippen molar-refractivity contribution in [3.8, 4) is 11.5 Å². The highest BCUT2D eigenvalue weighted by Gasteiger charge is 2.24. The molecule has 2 atom stereocenters. The van der Waals surface area contributed by atoms with Gasteiger partial charge in [0.1, 0.15) is 23.4 Å². The maximum absolute atomic E-state index is 13.0. The number of rotatable bonds is 9. The first-order valence-electron chi connectivity index (χ1n) is 12.1. The molecule has 1 aliphatic heterocycles. The van der Waals surface area contributed by atoms with Gasteiger partial charge in [0, 0.05) is 45.1 Å². The number of benzene rings is 2. The molecule has 1 aliphatic rings. The van der Waals surface area contributed by atoms with Gasteiger partial charge in [-0.05, 0) is 48.6 Å². The molecule has 2 N–H and O–H groups in total. The molecule has 0 radical (unpaired) electrons. The lowest BCUT2D eigenvalue weighted by molar-refractivity contribution is 0.165. The summed E-state index contributed by atoms with van der Waals surface area (Å²) in [4.78, 5) is 20.0. The third-order valence-corrected chi connectivity index (χ3v) is 6.50. The number of amides is 2. The van der Waals surface area contributed by atoms with Gasteiger partial charge < -0.3 is 24.7 Å². The molecule has 2 unspecified atom stereocenters. The minimum Gasteiger partial charge on any atom is -0.497 e. The smallest absolute Gasteiger partial charge is 0.315 e. The number of aryl methyl sites for hydroxylation is 1. The van der Waals surface area contributed by atoms with E-state index in [1.807, 2.05) is 42.1 Å². The molecule has 8 heteroatoms. The average molecular weight is 478 g/mol. The second kappa shape index (κ2) is 11.8. The quantitative estimate of drug-likeness (QED) is 0.491. The topological polar surface area (TPSA) is 80.7 Å². The molecule has 0 aliphatic carbocycles. The molecule has 8 nitrogen and oxygen atoms in total. The first-order chi connectivity index (χ1) is 17.1. The fourth-order valence-electron chi connectivity index (χ4n) is 4.67. The normalized spacial score (nSPS) is 16.9. The molecule has 3 aromatic rings. The molecular formula is C27H35N5O3. The van der Waals surface area contributed by atoms with Gasteiger partial charge in [-0.3, -0.25) is 4.90 Å². The van der Waals surface area contributed by atoms with Crippen LogP contribution in [-0.2, 0) is 13.6 Å². The van der Waals surface area contributed by atoms with E-state index >= 15 is 0 Å². The van der Waals surface area contributed by atoms with Crippen LogP contribution in [0.25, 0.3) is 0 Å². The number of hydrogen-bond acceptors (Lipinski definition) is 5. The molecule has 2 amide bonds. The van der Waals surface area contributed by atoms with Gasteiger partial charge in [-0.1, -0.05) is 30.3 Å². The number of nitrogens with one attached hydrogen (secondary N) is 2. The average Bonchev–Trinajstić information content (AvgIpc) is 3.32. The Labute approximate surface area is 207 Å². The van der Waals surface area contributed by atoms with E-state index in [1.54, 1.807) is 20.4 Å². The fraction of sp³-hybridized carbons (Fsp3) is 0.407. The van der Waals surface area contributed by atoms with Crippen LogP contribution in [0, 0.1) is 5.92 Å². The Morgan fingerprint density at radius 1 is 1.14 bits per heavy atom. The number of nitrogens with zero attached hydrogens (tertiary/aromatic N) is 3. The maximum atomic E-state index is 13.0. The van der Waals surface area contributed by atoms with Crippen LogP contribution < -0.4 is 20.1 Å². The number of aromatic nitrogens is 2. The summed E-state index contributed by atoms with van der Waals surface area (Å²) < 4.78 is 12.8. The van der Waals surface area contributed by atoms with E-state index in [-0.39, 0.29) is 6.03 Å². The SMILES string of the molecule is COc1cc(OC)cc(C(NC(=O)NCC2CCCN(Cc3ccccc3)C2)c2nccn2C)c1. The second-order valence-corrected chi connectivity index (χ2v) is 9.06. The summed E-state index contributed by atoms with van der Waals surface area (Å²) in [5.41, 5.74) is 2.16. The van der Waals surface area contributed by atoms with Crippen molar-refractivity contribution in [2.75, 3.05) is 33.9 Å². The van der Waals surface area contributed by atoms with Crippen LogP contribution in [0.5, 0.6) is 11.5 Å². The first kappa shape index (κ1) is 24.6. The monoisotopic (exact) mass is 477 g/mol. The summed E-state index contributed by atoms with van der Waals surface area (Å²) in [5, 5.41) is 6.21. The van der Waals surface area contributed by atoms with E-state index in [1.165, 1.54) is 5.56 Å².